The van der Waals surface area contributed by atoms with E-state index in [0.29, 0.717) is 0 Å². The Balaban J connectivity index is 1.59. The van der Waals surface area contributed by atoms with E-state index in [1.807, 2.05) is 13.0 Å². The molecule has 0 amide bonds. The number of aryl methyl sites for hydroxylation is 1. The number of anilines is 1. The zero-order valence-corrected chi connectivity index (χ0v) is 11.4. The molecule has 0 fully saturated rings. The molecule has 0 radical (unpaired) electrons. The van der Waals surface area contributed by atoms with Gasteiger partial charge in [0.2, 0.25) is 0 Å². The van der Waals surface area contributed by atoms with E-state index >= 15 is 0 Å². The Labute approximate surface area is 113 Å². The number of aromatic nitrogens is 1. The van der Waals surface area contributed by atoms with Crippen LogP contribution in [0.5, 0.6) is 0 Å². The van der Waals surface area contributed by atoms with Crippen molar-refractivity contribution in [1.82, 2.24) is 10.5 Å². The number of hydrogen-bond donors (Lipinski definition) is 1. The van der Waals surface area contributed by atoms with Gasteiger partial charge in [0.25, 0.3) is 0 Å². The first-order chi connectivity index (χ1) is 9.22. The molecule has 2 heterocycles. The maximum Gasteiger partial charge on any atom is 0.133 e. The van der Waals surface area contributed by atoms with Gasteiger partial charge in [-0.05, 0) is 30.5 Å². The topological polar surface area (TPSA) is 41.3 Å². The van der Waals surface area contributed by atoms with E-state index in [9.17, 15) is 0 Å². The van der Waals surface area contributed by atoms with E-state index in [0.717, 1.165) is 37.5 Å². The number of nitrogens with one attached hydrogen (secondary N) is 1. The van der Waals surface area contributed by atoms with Crippen molar-refractivity contribution in [3.63, 3.8) is 0 Å². The van der Waals surface area contributed by atoms with Crippen LogP contribution in [0.4, 0.5) is 5.69 Å². The van der Waals surface area contributed by atoms with E-state index in [-0.39, 0.29) is 0 Å². The lowest BCUT2D eigenvalue weighted by Gasteiger charge is -2.12. The zero-order valence-electron chi connectivity index (χ0n) is 11.4. The summed E-state index contributed by atoms with van der Waals surface area (Å²) in [6.07, 6.45) is 1.15. The fraction of sp³-hybridized carbons (Fsp3) is 0.400. The SMILES string of the molecule is Cc1cc(CNCc2ccc3c(c2)CCN3C)no1. The third kappa shape index (κ3) is 2.63. The molecule has 4 nitrogen and oxygen atoms in total. The van der Waals surface area contributed by atoms with Gasteiger partial charge in [-0.3, -0.25) is 0 Å². The summed E-state index contributed by atoms with van der Waals surface area (Å²) in [7, 11) is 2.15. The Hall–Kier alpha value is -1.81. The molecule has 0 saturated carbocycles. The highest BCUT2D eigenvalue weighted by molar-refractivity contribution is 5.58. The van der Waals surface area contributed by atoms with Gasteiger partial charge in [0.05, 0.1) is 5.69 Å². The van der Waals surface area contributed by atoms with Crippen molar-refractivity contribution in [1.29, 1.82) is 0 Å². The molecule has 0 spiro atoms. The predicted octanol–water partition coefficient (Wildman–Crippen LogP) is 2.27. The number of fused-ring (bicyclic) bond motifs is 1. The first-order valence-corrected chi connectivity index (χ1v) is 6.68. The smallest absolute Gasteiger partial charge is 0.133 e. The van der Waals surface area contributed by atoms with Crippen LogP contribution in [0.3, 0.4) is 0 Å². The van der Waals surface area contributed by atoms with Crippen molar-refractivity contribution in [3.05, 3.63) is 46.8 Å². The Morgan fingerprint density at radius 3 is 3.00 bits per heavy atom. The maximum atomic E-state index is 5.04. The van der Waals surface area contributed by atoms with Crippen LogP contribution < -0.4 is 10.2 Å². The largest absolute Gasteiger partial charge is 0.374 e. The maximum absolute atomic E-state index is 5.04. The minimum atomic E-state index is 0.744. The molecule has 19 heavy (non-hydrogen) atoms. The van der Waals surface area contributed by atoms with Crippen molar-refractivity contribution in [2.75, 3.05) is 18.5 Å². The molecule has 100 valence electrons. The van der Waals surface area contributed by atoms with E-state index in [2.05, 4.69) is 40.6 Å². The fourth-order valence-electron chi connectivity index (χ4n) is 2.57. The lowest BCUT2D eigenvalue weighted by atomic mass is 10.1. The van der Waals surface area contributed by atoms with Gasteiger partial charge in [-0.1, -0.05) is 17.3 Å². The summed E-state index contributed by atoms with van der Waals surface area (Å²) < 4.78 is 5.04. The van der Waals surface area contributed by atoms with Crippen LogP contribution >= 0.6 is 0 Å². The van der Waals surface area contributed by atoms with Crippen LogP contribution in [0.1, 0.15) is 22.6 Å². The molecule has 3 rings (SSSR count). The summed E-state index contributed by atoms with van der Waals surface area (Å²) in [6.45, 7) is 4.65. The second-order valence-electron chi connectivity index (χ2n) is 5.17. The van der Waals surface area contributed by atoms with Gasteiger partial charge in [0, 0.05) is 38.4 Å². The van der Waals surface area contributed by atoms with Crippen LogP contribution in [-0.2, 0) is 19.5 Å². The molecule has 2 aromatic rings. The lowest BCUT2D eigenvalue weighted by Crippen LogP contribution is -2.13. The number of benzene rings is 1. The van der Waals surface area contributed by atoms with Crippen molar-refractivity contribution in [2.45, 2.75) is 26.4 Å². The van der Waals surface area contributed by atoms with Crippen LogP contribution in [0.2, 0.25) is 0 Å². The quantitative estimate of drug-likeness (QED) is 0.912. The molecule has 4 heteroatoms. The van der Waals surface area contributed by atoms with Gasteiger partial charge in [-0.2, -0.15) is 0 Å². The molecule has 1 N–H and O–H groups in total. The van der Waals surface area contributed by atoms with Crippen LogP contribution in [-0.4, -0.2) is 18.7 Å². The summed E-state index contributed by atoms with van der Waals surface area (Å²) >= 11 is 0. The number of likely N-dealkylation sites (N-methyl/N-ethyl adjacent to an activating group) is 1. The minimum Gasteiger partial charge on any atom is -0.374 e. The first kappa shape index (κ1) is 12.2. The summed E-state index contributed by atoms with van der Waals surface area (Å²) in [6, 6.07) is 8.69. The van der Waals surface area contributed by atoms with Crippen LogP contribution in [0.15, 0.2) is 28.8 Å². The number of nitrogens with zero attached hydrogens (tertiary/aromatic N) is 2. The Morgan fingerprint density at radius 1 is 1.32 bits per heavy atom. The monoisotopic (exact) mass is 257 g/mol. The molecule has 1 aliphatic heterocycles. The van der Waals surface area contributed by atoms with Crippen molar-refractivity contribution in [2.24, 2.45) is 0 Å². The average molecular weight is 257 g/mol. The number of rotatable bonds is 4. The first-order valence-electron chi connectivity index (χ1n) is 6.68. The van der Waals surface area contributed by atoms with Gasteiger partial charge in [-0.15, -0.1) is 0 Å². The molecule has 1 aromatic carbocycles. The Kier molecular flexibility index (Phi) is 3.25. The lowest BCUT2D eigenvalue weighted by molar-refractivity contribution is 0.388. The highest BCUT2D eigenvalue weighted by atomic mass is 16.5. The average Bonchev–Trinajstić information content (AvgIpc) is 2.97. The highest BCUT2D eigenvalue weighted by Crippen LogP contribution is 2.27. The van der Waals surface area contributed by atoms with E-state index < -0.39 is 0 Å². The predicted molar refractivity (Wildman–Crippen MR) is 75.2 cm³/mol. The van der Waals surface area contributed by atoms with Crippen molar-refractivity contribution < 1.29 is 4.52 Å². The van der Waals surface area contributed by atoms with Gasteiger partial charge in [-0.25, -0.2) is 0 Å². The Morgan fingerprint density at radius 2 is 2.21 bits per heavy atom. The zero-order chi connectivity index (χ0) is 13.2. The van der Waals surface area contributed by atoms with E-state index in [1.54, 1.807) is 0 Å². The summed E-state index contributed by atoms with van der Waals surface area (Å²) in [4.78, 5) is 2.31. The molecule has 1 aliphatic rings. The van der Waals surface area contributed by atoms with Crippen molar-refractivity contribution >= 4 is 5.69 Å². The molecule has 0 atom stereocenters. The normalized spacial score (nSPS) is 13.9. The third-order valence-corrected chi connectivity index (χ3v) is 3.58. The van der Waals surface area contributed by atoms with Gasteiger partial charge >= 0.3 is 0 Å². The summed E-state index contributed by atoms with van der Waals surface area (Å²) in [5.41, 5.74) is 5.11. The molecule has 0 bridgehead atoms. The summed E-state index contributed by atoms with van der Waals surface area (Å²) in [5, 5.41) is 7.37. The van der Waals surface area contributed by atoms with Gasteiger partial charge in [0.1, 0.15) is 5.76 Å². The van der Waals surface area contributed by atoms with E-state index in [4.69, 9.17) is 4.52 Å². The molecule has 1 aromatic heterocycles. The van der Waals surface area contributed by atoms with Crippen molar-refractivity contribution in [3.8, 4) is 0 Å². The molecular formula is C15H19N3O. The standard InChI is InChI=1S/C15H19N3O/c1-11-7-14(17-19-11)10-16-9-12-3-4-15-13(8-12)5-6-18(15)2/h3-4,7-8,16H,5-6,9-10H2,1-2H3. The second kappa shape index (κ2) is 5.05. The van der Waals surface area contributed by atoms with E-state index in [1.165, 1.54) is 16.8 Å². The fourth-order valence-corrected chi connectivity index (χ4v) is 2.57. The third-order valence-electron chi connectivity index (χ3n) is 3.58. The highest BCUT2D eigenvalue weighted by Gasteiger charge is 2.15. The van der Waals surface area contributed by atoms with Gasteiger partial charge < -0.3 is 14.7 Å². The second-order valence-corrected chi connectivity index (χ2v) is 5.17. The molecule has 0 unspecified atom stereocenters. The molecule has 0 aliphatic carbocycles. The summed E-state index contributed by atoms with van der Waals surface area (Å²) in [5.74, 6) is 0.859. The molecule has 0 saturated heterocycles. The van der Waals surface area contributed by atoms with Crippen LogP contribution in [0, 0.1) is 6.92 Å². The van der Waals surface area contributed by atoms with Gasteiger partial charge in [0.15, 0.2) is 0 Å². The van der Waals surface area contributed by atoms with Crippen LogP contribution in [0.25, 0.3) is 0 Å². The molecular weight excluding hydrogens is 238 g/mol. The number of hydrogen-bond acceptors (Lipinski definition) is 4. The minimum absolute atomic E-state index is 0.744. The Bertz CT molecular complexity index is 577.